The summed E-state index contributed by atoms with van der Waals surface area (Å²) in [5, 5.41) is 0. The normalized spacial score (nSPS) is 22.6. The zero-order valence-corrected chi connectivity index (χ0v) is 10.3. The summed E-state index contributed by atoms with van der Waals surface area (Å²) in [6, 6.07) is 0. The smallest absolute Gasteiger partial charge is 0.410 e. The van der Waals surface area contributed by atoms with Crippen molar-refractivity contribution in [3.05, 3.63) is 0 Å². The molecule has 0 aromatic carbocycles. The number of halogens is 1. The van der Waals surface area contributed by atoms with Crippen molar-refractivity contribution in [2.75, 3.05) is 13.1 Å². The van der Waals surface area contributed by atoms with Crippen LogP contribution in [0.5, 0.6) is 0 Å². The molecule has 14 heavy (non-hydrogen) atoms. The van der Waals surface area contributed by atoms with Gasteiger partial charge in [-0.1, -0.05) is 0 Å². The van der Waals surface area contributed by atoms with Gasteiger partial charge in [0, 0.05) is 6.54 Å². The summed E-state index contributed by atoms with van der Waals surface area (Å²) < 4.78 is 10.2. The van der Waals surface area contributed by atoms with Crippen LogP contribution in [0.4, 0.5) is 4.79 Å². The second-order valence-corrected chi connectivity index (χ2v) is 4.80. The minimum Gasteiger partial charge on any atom is -0.444 e. The van der Waals surface area contributed by atoms with E-state index < -0.39 is 5.60 Å². The van der Waals surface area contributed by atoms with E-state index in [-0.39, 0.29) is 12.2 Å². The molecule has 1 fully saturated rings. The quantitative estimate of drug-likeness (QED) is 0.731. The lowest BCUT2D eigenvalue weighted by atomic mass is 10.2. The van der Waals surface area contributed by atoms with Gasteiger partial charge in [0.25, 0.3) is 0 Å². The molecule has 1 saturated heterocycles. The molecule has 1 heterocycles. The van der Waals surface area contributed by atoms with Crippen molar-refractivity contribution in [3.8, 4) is 0 Å². The molecular weight excluding hydrogens is 250 g/mol. The molecule has 4 nitrogen and oxygen atoms in total. The van der Waals surface area contributed by atoms with Gasteiger partial charge in [-0.3, -0.25) is 0 Å². The van der Waals surface area contributed by atoms with Crippen molar-refractivity contribution in [2.45, 2.75) is 38.9 Å². The van der Waals surface area contributed by atoms with Crippen molar-refractivity contribution in [3.63, 3.8) is 0 Å². The average Bonchev–Trinajstić information content (AvgIpc) is 2.48. The fourth-order valence-electron chi connectivity index (χ4n) is 1.29. The van der Waals surface area contributed by atoms with E-state index in [4.69, 9.17) is 8.57 Å². The zero-order valence-electron chi connectivity index (χ0n) is 8.75. The summed E-state index contributed by atoms with van der Waals surface area (Å²) in [7, 11) is 0. The SMILES string of the molecule is CC(C)(C)OC(=O)N1CC[C@@H](OBr)C1. The van der Waals surface area contributed by atoms with E-state index in [0.29, 0.717) is 13.1 Å². The van der Waals surface area contributed by atoms with Crippen LogP contribution in [0, 0.1) is 0 Å². The van der Waals surface area contributed by atoms with Gasteiger partial charge in [-0.2, -0.15) is 0 Å². The summed E-state index contributed by atoms with van der Waals surface area (Å²) in [4.78, 5) is 13.2. The van der Waals surface area contributed by atoms with Crippen LogP contribution >= 0.6 is 16.3 Å². The highest BCUT2D eigenvalue weighted by Crippen LogP contribution is 2.18. The van der Waals surface area contributed by atoms with Gasteiger partial charge in [0.2, 0.25) is 0 Å². The van der Waals surface area contributed by atoms with E-state index >= 15 is 0 Å². The Kier molecular flexibility index (Phi) is 3.78. The summed E-state index contributed by atoms with van der Waals surface area (Å²) in [5.74, 6) is 0. The van der Waals surface area contributed by atoms with Crippen molar-refractivity contribution in [1.82, 2.24) is 4.90 Å². The van der Waals surface area contributed by atoms with Gasteiger partial charge in [-0.05, 0) is 27.2 Å². The summed E-state index contributed by atoms with van der Waals surface area (Å²) >= 11 is 2.94. The lowest BCUT2D eigenvalue weighted by Gasteiger charge is -2.24. The molecule has 0 aliphatic carbocycles. The third-order valence-electron chi connectivity index (χ3n) is 1.92. The van der Waals surface area contributed by atoms with Crippen LogP contribution in [0.3, 0.4) is 0 Å². The number of nitrogens with zero attached hydrogens (tertiary/aromatic N) is 1. The first-order valence-electron chi connectivity index (χ1n) is 4.67. The highest BCUT2D eigenvalue weighted by Gasteiger charge is 2.29. The first-order chi connectivity index (χ1) is 6.42. The third-order valence-corrected chi connectivity index (χ3v) is 2.45. The number of likely N-dealkylation sites (tertiary alicyclic amines) is 1. The van der Waals surface area contributed by atoms with Crippen LogP contribution in [0.2, 0.25) is 0 Å². The molecule has 0 aromatic rings. The minimum absolute atomic E-state index is 0.0857. The maximum atomic E-state index is 11.6. The maximum Gasteiger partial charge on any atom is 0.410 e. The van der Waals surface area contributed by atoms with E-state index in [1.807, 2.05) is 20.8 Å². The van der Waals surface area contributed by atoms with Crippen LogP contribution in [0.1, 0.15) is 27.2 Å². The second-order valence-electron chi connectivity index (χ2n) is 4.43. The lowest BCUT2D eigenvalue weighted by molar-refractivity contribution is 0.0280. The molecule has 0 N–H and O–H groups in total. The van der Waals surface area contributed by atoms with E-state index in [9.17, 15) is 4.79 Å². The Hall–Kier alpha value is -0.290. The van der Waals surface area contributed by atoms with Gasteiger partial charge in [0.15, 0.2) is 0 Å². The van der Waals surface area contributed by atoms with Crippen LogP contribution in [0.25, 0.3) is 0 Å². The molecule has 0 unspecified atom stereocenters. The second kappa shape index (κ2) is 4.49. The standard InChI is InChI=1S/C9H16BrNO3/c1-9(2,3)13-8(12)11-5-4-7(6-11)14-10/h7H,4-6H2,1-3H3/t7-/m1/s1. The van der Waals surface area contributed by atoms with Gasteiger partial charge in [0.1, 0.15) is 5.60 Å². The molecule has 5 heteroatoms. The molecule has 0 radical (unpaired) electrons. The number of amides is 1. The van der Waals surface area contributed by atoms with Gasteiger partial charge in [-0.15, -0.1) is 0 Å². The molecule has 1 amide bonds. The average molecular weight is 266 g/mol. The summed E-state index contributed by atoms with van der Waals surface area (Å²) in [6.45, 7) is 6.88. The van der Waals surface area contributed by atoms with Crippen LogP contribution in [0.15, 0.2) is 0 Å². The number of carbonyl (C=O) groups is 1. The Labute approximate surface area is 93.0 Å². The number of hydrogen-bond donors (Lipinski definition) is 0. The van der Waals surface area contributed by atoms with Crippen LogP contribution < -0.4 is 0 Å². The maximum absolute atomic E-state index is 11.6. The largest absolute Gasteiger partial charge is 0.444 e. The van der Waals surface area contributed by atoms with Gasteiger partial charge < -0.3 is 13.5 Å². The zero-order chi connectivity index (χ0) is 10.8. The fraction of sp³-hybridized carbons (Fsp3) is 0.889. The van der Waals surface area contributed by atoms with Gasteiger partial charge >= 0.3 is 6.09 Å². The Balaban J connectivity index is 2.40. The first kappa shape index (κ1) is 11.8. The predicted molar refractivity (Wildman–Crippen MR) is 56.2 cm³/mol. The number of hydrogen-bond acceptors (Lipinski definition) is 3. The van der Waals surface area contributed by atoms with Gasteiger partial charge in [0.05, 0.1) is 28.9 Å². The van der Waals surface area contributed by atoms with Crippen molar-refractivity contribution >= 4 is 22.4 Å². The lowest BCUT2D eigenvalue weighted by Crippen LogP contribution is -2.35. The monoisotopic (exact) mass is 265 g/mol. The van der Waals surface area contributed by atoms with Crippen molar-refractivity contribution in [2.24, 2.45) is 0 Å². The number of ether oxygens (including phenoxy) is 1. The molecule has 0 saturated carbocycles. The number of rotatable bonds is 1. The molecule has 1 aliphatic heterocycles. The van der Waals surface area contributed by atoms with E-state index in [1.54, 1.807) is 4.90 Å². The molecule has 1 atom stereocenters. The molecule has 1 rings (SSSR count). The molecule has 0 spiro atoms. The summed E-state index contributed by atoms with van der Waals surface area (Å²) in [5.41, 5.74) is -0.426. The highest BCUT2D eigenvalue weighted by molar-refractivity contribution is 9.06. The molecule has 0 aromatic heterocycles. The van der Waals surface area contributed by atoms with Crippen LogP contribution in [-0.2, 0) is 8.57 Å². The highest BCUT2D eigenvalue weighted by atomic mass is 79.9. The Morgan fingerprint density at radius 3 is 2.57 bits per heavy atom. The van der Waals surface area contributed by atoms with E-state index in [2.05, 4.69) is 16.3 Å². The van der Waals surface area contributed by atoms with E-state index in [0.717, 1.165) is 6.42 Å². The minimum atomic E-state index is -0.426. The van der Waals surface area contributed by atoms with Crippen molar-refractivity contribution < 1.29 is 13.4 Å². The molecule has 0 bridgehead atoms. The Morgan fingerprint density at radius 1 is 1.50 bits per heavy atom. The van der Waals surface area contributed by atoms with Crippen molar-refractivity contribution in [1.29, 1.82) is 0 Å². The predicted octanol–water partition coefficient (Wildman–Crippen LogP) is 2.32. The summed E-state index contributed by atoms with van der Waals surface area (Å²) in [6.07, 6.45) is 0.678. The molecular formula is C9H16BrNO3. The van der Waals surface area contributed by atoms with Gasteiger partial charge in [-0.25, -0.2) is 4.79 Å². The Morgan fingerprint density at radius 2 is 2.14 bits per heavy atom. The molecule has 82 valence electrons. The van der Waals surface area contributed by atoms with E-state index in [1.165, 1.54) is 0 Å². The Bertz CT molecular complexity index is 215. The third kappa shape index (κ3) is 3.46. The fourth-order valence-corrected chi connectivity index (χ4v) is 1.60. The first-order valence-corrected chi connectivity index (χ1v) is 5.32. The topological polar surface area (TPSA) is 38.8 Å². The van der Waals surface area contributed by atoms with Crippen LogP contribution in [-0.4, -0.2) is 35.8 Å². The molecule has 1 aliphatic rings. The number of carbonyl (C=O) groups excluding carboxylic acids is 1.